The molecule has 0 saturated heterocycles. The van der Waals surface area contributed by atoms with Crippen LogP contribution < -0.4 is 10.9 Å². The van der Waals surface area contributed by atoms with Gasteiger partial charge in [-0.3, -0.25) is 9.48 Å². The van der Waals surface area contributed by atoms with E-state index in [4.69, 9.17) is 0 Å². The van der Waals surface area contributed by atoms with E-state index in [0.717, 1.165) is 5.69 Å². The Hall–Kier alpha value is -1.63. The first-order chi connectivity index (χ1) is 10.0. The van der Waals surface area contributed by atoms with Crippen molar-refractivity contribution in [3.8, 4) is 0 Å². The highest BCUT2D eigenvalue weighted by Gasteiger charge is 2.23. The summed E-state index contributed by atoms with van der Waals surface area (Å²) in [5.41, 5.74) is 1.41. The third kappa shape index (κ3) is 3.18. The molecular weight excluding hydrogens is 334 g/mol. The lowest BCUT2D eigenvalue weighted by molar-refractivity contribution is 0.532. The minimum atomic E-state index is -0.0943. The van der Waals surface area contributed by atoms with Gasteiger partial charge < -0.3 is 5.32 Å². The Morgan fingerprint density at radius 2 is 2.14 bits per heavy atom. The highest BCUT2D eigenvalue weighted by atomic mass is 79.9. The van der Waals surface area contributed by atoms with E-state index in [1.54, 1.807) is 12.4 Å². The van der Waals surface area contributed by atoms with E-state index < -0.39 is 0 Å². The van der Waals surface area contributed by atoms with E-state index in [2.05, 4.69) is 45.3 Å². The van der Waals surface area contributed by atoms with Crippen molar-refractivity contribution in [2.24, 2.45) is 5.92 Å². The topological polar surface area (TPSA) is 64.7 Å². The van der Waals surface area contributed by atoms with E-state index in [0.29, 0.717) is 28.7 Å². The molecule has 2 aromatic rings. The number of anilines is 2. The molecule has 0 spiro atoms. The summed E-state index contributed by atoms with van der Waals surface area (Å²) in [6.07, 6.45) is 7.72. The van der Waals surface area contributed by atoms with Gasteiger partial charge in [-0.25, -0.2) is 4.68 Å². The number of nitrogens with zero attached hydrogens (tertiary/aromatic N) is 4. The zero-order chi connectivity index (χ0) is 15.0. The molecule has 21 heavy (non-hydrogen) atoms. The summed E-state index contributed by atoms with van der Waals surface area (Å²) in [5, 5.41) is 11.7. The molecule has 0 unspecified atom stereocenters. The third-order valence-corrected chi connectivity index (χ3v) is 4.29. The second kappa shape index (κ2) is 5.63. The van der Waals surface area contributed by atoms with Crippen LogP contribution in [0.1, 0.15) is 32.7 Å². The average Bonchev–Trinajstić information content (AvgIpc) is 3.14. The third-order valence-electron chi connectivity index (χ3n) is 3.52. The standard InChI is InChI=1S/C14H18BrN5O/c1-9(2)19-8-11(5-16-19)18-12-6-17-20(7-10-3-4-10)14(21)13(12)15/h5-6,8-10,18H,3-4,7H2,1-2H3. The fourth-order valence-corrected chi connectivity index (χ4v) is 2.47. The molecule has 2 aromatic heterocycles. The molecule has 0 aromatic carbocycles. The molecule has 1 aliphatic carbocycles. The predicted octanol–water partition coefficient (Wildman–Crippen LogP) is 2.94. The quantitative estimate of drug-likeness (QED) is 0.899. The molecule has 6 nitrogen and oxygen atoms in total. The largest absolute Gasteiger partial charge is 0.351 e. The van der Waals surface area contributed by atoms with Gasteiger partial charge in [-0.15, -0.1) is 0 Å². The van der Waals surface area contributed by atoms with Gasteiger partial charge in [0, 0.05) is 18.8 Å². The summed E-state index contributed by atoms with van der Waals surface area (Å²) >= 11 is 3.37. The van der Waals surface area contributed by atoms with Crippen LogP contribution in [-0.2, 0) is 6.54 Å². The first-order valence-corrected chi connectivity index (χ1v) is 7.90. The molecular formula is C14H18BrN5O. The van der Waals surface area contributed by atoms with Crippen LogP contribution in [0.3, 0.4) is 0 Å². The second-order valence-corrected chi connectivity index (χ2v) is 6.52. The number of aromatic nitrogens is 4. The normalized spacial score (nSPS) is 14.7. The minimum Gasteiger partial charge on any atom is -0.351 e. The van der Waals surface area contributed by atoms with Crippen LogP contribution in [-0.4, -0.2) is 19.6 Å². The smallest absolute Gasteiger partial charge is 0.283 e. The zero-order valence-corrected chi connectivity index (χ0v) is 13.7. The fourth-order valence-electron chi connectivity index (χ4n) is 2.07. The van der Waals surface area contributed by atoms with Gasteiger partial charge in [0.05, 0.1) is 23.8 Å². The first-order valence-electron chi connectivity index (χ1n) is 7.11. The molecule has 1 aliphatic rings. The first kappa shape index (κ1) is 14.3. The van der Waals surface area contributed by atoms with Crippen LogP contribution in [0.5, 0.6) is 0 Å². The maximum Gasteiger partial charge on any atom is 0.283 e. The van der Waals surface area contributed by atoms with Crippen molar-refractivity contribution < 1.29 is 0 Å². The zero-order valence-electron chi connectivity index (χ0n) is 12.1. The van der Waals surface area contributed by atoms with E-state index in [9.17, 15) is 4.79 Å². The summed E-state index contributed by atoms with van der Waals surface area (Å²) in [5.74, 6) is 0.616. The number of halogens is 1. The van der Waals surface area contributed by atoms with Crippen molar-refractivity contribution in [1.82, 2.24) is 19.6 Å². The second-order valence-electron chi connectivity index (χ2n) is 5.73. The van der Waals surface area contributed by atoms with Crippen LogP contribution in [0, 0.1) is 5.92 Å². The van der Waals surface area contributed by atoms with E-state index in [1.807, 2.05) is 10.9 Å². The maximum atomic E-state index is 12.2. The lowest BCUT2D eigenvalue weighted by atomic mass is 10.4. The molecule has 3 rings (SSSR count). The molecule has 7 heteroatoms. The number of hydrogen-bond acceptors (Lipinski definition) is 4. The monoisotopic (exact) mass is 351 g/mol. The molecule has 1 N–H and O–H groups in total. The van der Waals surface area contributed by atoms with Gasteiger partial charge in [-0.1, -0.05) is 0 Å². The number of rotatable bonds is 5. The lowest BCUT2D eigenvalue weighted by Gasteiger charge is -2.09. The summed E-state index contributed by atoms with van der Waals surface area (Å²) < 4.78 is 3.90. The molecule has 0 atom stereocenters. The molecule has 2 heterocycles. The van der Waals surface area contributed by atoms with E-state index in [-0.39, 0.29) is 5.56 Å². The summed E-state index contributed by atoms with van der Waals surface area (Å²) in [6, 6.07) is 0.300. The minimum absolute atomic E-state index is 0.0943. The molecule has 112 valence electrons. The van der Waals surface area contributed by atoms with Crippen molar-refractivity contribution >= 4 is 27.3 Å². The van der Waals surface area contributed by atoms with Gasteiger partial charge in [0.25, 0.3) is 5.56 Å². The maximum absolute atomic E-state index is 12.2. The Balaban J connectivity index is 1.81. The van der Waals surface area contributed by atoms with Gasteiger partial charge in [0.15, 0.2) is 0 Å². The summed E-state index contributed by atoms with van der Waals surface area (Å²) in [6.45, 7) is 4.84. The van der Waals surface area contributed by atoms with Crippen molar-refractivity contribution in [2.45, 2.75) is 39.3 Å². The molecule has 0 amide bonds. The molecule has 1 saturated carbocycles. The Kier molecular flexibility index (Phi) is 3.84. The van der Waals surface area contributed by atoms with Crippen LogP contribution in [0.25, 0.3) is 0 Å². The highest BCUT2D eigenvalue weighted by molar-refractivity contribution is 9.10. The summed E-state index contributed by atoms with van der Waals surface area (Å²) in [4.78, 5) is 12.2. The van der Waals surface area contributed by atoms with Gasteiger partial charge in [-0.2, -0.15) is 10.2 Å². The number of hydrogen-bond donors (Lipinski definition) is 1. The molecule has 1 fully saturated rings. The molecule has 0 radical (unpaired) electrons. The van der Waals surface area contributed by atoms with Gasteiger partial charge in [-0.05, 0) is 48.5 Å². The van der Waals surface area contributed by atoms with Crippen molar-refractivity contribution in [3.05, 3.63) is 33.4 Å². The lowest BCUT2D eigenvalue weighted by Crippen LogP contribution is -2.24. The van der Waals surface area contributed by atoms with Crippen molar-refractivity contribution in [3.63, 3.8) is 0 Å². The average molecular weight is 352 g/mol. The molecule has 0 bridgehead atoms. The van der Waals surface area contributed by atoms with E-state index in [1.165, 1.54) is 17.5 Å². The van der Waals surface area contributed by atoms with Crippen LogP contribution in [0.2, 0.25) is 0 Å². The Morgan fingerprint density at radius 1 is 1.38 bits per heavy atom. The Bertz CT molecular complexity index is 702. The SMILES string of the molecule is CC(C)n1cc(Nc2cnn(CC3CC3)c(=O)c2Br)cn1. The predicted molar refractivity (Wildman–Crippen MR) is 84.8 cm³/mol. The van der Waals surface area contributed by atoms with Crippen LogP contribution >= 0.6 is 15.9 Å². The van der Waals surface area contributed by atoms with Crippen molar-refractivity contribution in [1.29, 1.82) is 0 Å². The van der Waals surface area contributed by atoms with Gasteiger partial charge >= 0.3 is 0 Å². The highest BCUT2D eigenvalue weighted by Crippen LogP contribution is 2.30. The number of nitrogens with one attached hydrogen (secondary N) is 1. The van der Waals surface area contributed by atoms with Crippen LogP contribution in [0.15, 0.2) is 27.9 Å². The van der Waals surface area contributed by atoms with Crippen molar-refractivity contribution in [2.75, 3.05) is 5.32 Å². The Labute approximate surface area is 131 Å². The molecule has 0 aliphatic heterocycles. The Morgan fingerprint density at radius 3 is 2.76 bits per heavy atom. The van der Waals surface area contributed by atoms with Gasteiger partial charge in [0.2, 0.25) is 0 Å². The fraction of sp³-hybridized carbons (Fsp3) is 0.500. The van der Waals surface area contributed by atoms with E-state index >= 15 is 0 Å². The van der Waals surface area contributed by atoms with Gasteiger partial charge in [0.1, 0.15) is 4.47 Å². The van der Waals surface area contributed by atoms with Crippen LogP contribution in [0.4, 0.5) is 11.4 Å². The summed E-state index contributed by atoms with van der Waals surface area (Å²) in [7, 11) is 0.